The number of carbonyl (C=O) groups is 2. The van der Waals surface area contributed by atoms with Gasteiger partial charge in [0.25, 0.3) is 0 Å². The summed E-state index contributed by atoms with van der Waals surface area (Å²) >= 11 is 1.32. The summed E-state index contributed by atoms with van der Waals surface area (Å²) in [6.07, 6.45) is 0.967. The Bertz CT molecular complexity index is 781. The lowest BCUT2D eigenvalue weighted by Crippen LogP contribution is -2.36. The van der Waals surface area contributed by atoms with Crippen molar-refractivity contribution in [1.29, 1.82) is 0 Å². The van der Waals surface area contributed by atoms with Gasteiger partial charge >= 0.3 is 0 Å². The molecule has 1 aromatic heterocycles. The number of rotatable bonds is 7. The first-order valence-electron chi connectivity index (χ1n) is 9.45. The van der Waals surface area contributed by atoms with E-state index in [-0.39, 0.29) is 17.6 Å². The van der Waals surface area contributed by atoms with Gasteiger partial charge < -0.3 is 14.7 Å². The topological polar surface area (TPSA) is 78.7 Å². The first kappa shape index (κ1) is 20.4. The fourth-order valence-corrected chi connectivity index (χ4v) is 3.86. The van der Waals surface area contributed by atoms with Gasteiger partial charge in [0.2, 0.25) is 11.8 Å². The first-order chi connectivity index (χ1) is 13.6. The minimum absolute atomic E-state index is 0.0941. The highest BCUT2D eigenvalue weighted by molar-refractivity contribution is 8.00. The largest absolute Gasteiger partial charge is 0.360 e. The summed E-state index contributed by atoms with van der Waals surface area (Å²) in [6, 6.07) is 12.1. The molecule has 0 spiro atoms. The Balaban J connectivity index is 1.37. The van der Waals surface area contributed by atoms with Crippen molar-refractivity contribution in [2.24, 2.45) is 0 Å². The van der Waals surface area contributed by atoms with Crippen LogP contribution >= 0.6 is 11.8 Å². The van der Waals surface area contributed by atoms with E-state index in [1.165, 1.54) is 17.3 Å². The third kappa shape index (κ3) is 6.38. The molecule has 0 atom stereocenters. The molecule has 7 nitrogen and oxygen atoms in total. The lowest BCUT2D eigenvalue weighted by atomic mass is 10.2. The highest BCUT2D eigenvalue weighted by Gasteiger charge is 2.19. The third-order valence-electron chi connectivity index (χ3n) is 4.54. The maximum Gasteiger partial charge on any atom is 0.235 e. The van der Waals surface area contributed by atoms with Crippen LogP contribution in [0.2, 0.25) is 0 Å². The number of benzene rings is 1. The molecule has 0 aliphatic carbocycles. The molecule has 1 aromatic carbocycles. The smallest absolute Gasteiger partial charge is 0.235 e. The van der Waals surface area contributed by atoms with Gasteiger partial charge in [-0.2, -0.15) is 0 Å². The lowest BCUT2D eigenvalue weighted by molar-refractivity contribution is -0.128. The highest BCUT2D eigenvalue weighted by atomic mass is 32.2. The molecule has 0 bridgehead atoms. The average Bonchev–Trinajstić information content (AvgIpc) is 2.95. The Morgan fingerprint density at radius 1 is 1.14 bits per heavy atom. The van der Waals surface area contributed by atoms with Crippen LogP contribution < -0.4 is 5.32 Å². The van der Waals surface area contributed by atoms with Crippen molar-refractivity contribution in [2.45, 2.75) is 19.9 Å². The summed E-state index contributed by atoms with van der Waals surface area (Å²) < 4.78 is 4.91. The predicted molar refractivity (Wildman–Crippen MR) is 110 cm³/mol. The van der Waals surface area contributed by atoms with Crippen molar-refractivity contribution in [3.05, 3.63) is 47.7 Å². The second kappa shape index (κ2) is 10.3. The van der Waals surface area contributed by atoms with E-state index in [2.05, 4.69) is 39.6 Å². The number of carbonyl (C=O) groups excluding carboxylic acids is 2. The lowest BCUT2D eigenvalue weighted by Gasteiger charge is -2.22. The van der Waals surface area contributed by atoms with Gasteiger partial charge in [-0.3, -0.25) is 14.5 Å². The third-order valence-corrected chi connectivity index (χ3v) is 5.46. The molecule has 150 valence electrons. The number of thioether (sulfide) groups is 1. The molecule has 1 N–H and O–H groups in total. The van der Waals surface area contributed by atoms with Crippen LogP contribution in [0.15, 0.2) is 40.9 Å². The summed E-state index contributed by atoms with van der Waals surface area (Å²) in [5.74, 6) is 1.48. The monoisotopic (exact) mass is 402 g/mol. The summed E-state index contributed by atoms with van der Waals surface area (Å²) in [4.78, 5) is 28.7. The Labute approximate surface area is 169 Å². The van der Waals surface area contributed by atoms with Gasteiger partial charge in [0.05, 0.1) is 11.5 Å². The number of anilines is 1. The van der Waals surface area contributed by atoms with Gasteiger partial charge in [-0.05, 0) is 18.9 Å². The molecule has 2 heterocycles. The fourth-order valence-electron chi connectivity index (χ4n) is 3.15. The second-order valence-corrected chi connectivity index (χ2v) is 7.85. The summed E-state index contributed by atoms with van der Waals surface area (Å²) in [5.41, 5.74) is 1.30. The van der Waals surface area contributed by atoms with E-state index >= 15 is 0 Å². The van der Waals surface area contributed by atoms with Crippen molar-refractivity contribution >= 4 is 29.4 Å². The molecule has 1 aliphatic heterocycles. The molecule has 0 unspecified atom stereocenters. The maximum absolute atomic E-state index is 12.5. The van der Waals surface area contributed by atoms with Crippen LogP contribution in [0.5, 0.6) is 0 Å². The SMILES string of the molecule is Cc1cc(NC(=O)CSCC(=O)N2CCCN(Cc3ccccc3)CC2)no1. The zero-order valence-electron chi connectivity index (χ0n) is 16.1. The van der Waals surface area contributed by atoms with Crippen LogP contribution in [0.4, 0.5) is 5.82 Å². The molecule has 0 saturated carbocycles. The molecule has 1 aliphatic rings. The van der Waals surface area contributed by atoms with Crippen molar-refractivity contribution in [3.8, 4) is 0 Å². The molecule has 0 radical (unpaired) electrons. The van der Waals surface area contributed by atoms with E-state index in [4.69, 9.17) is 4.52 Å². The van der Waals surface area contributed by atoms with Crippen molar-refractivity contribution in [1.82, 2.24) is 15.0 Å². The van der Waals surface area contributed by atoms with Gasteiger partial charge in [0.15, 0.2) is 5.82 Å². The van der Waals surface area contributed by atoms with E-state index < -0.39 is 0 Å². The van der Waals surface area contributed by atoms with E-state index in [0.717, 1.165) is 39.1 Å². The molecule has 1 fully saturated rings. The molecular weight excluding hydrogens is 376 g/mol. The van der Waals surface area contributed by atoms with Crippen molar-refractivity contribution in [3.63, 3.8) is 0 Å². The molecular formula is C20H26N4O3S. The van der Waals surface area contributed by atoms with Gasteiger partial charge in [0, 0.05) is 38.8 Å². The standard InChI is InChI=1S/C20H26N4O3S/c1-16-12-18(22-27-16)21-19(25)14-28-15-20(26)24-9-5-8-23(10-11-24)13-17-6-3-2-4-7-17/h2-4,6-7,12H,5,8-11,13-15H2,1H3,(H,21,22,25). The fraction of sp³-hybridized carbons (Fsp3) is 0.450. The summed E-state index contributed by atoms with van der Waals surface area (Å²) in [6.45, 7) is 6.05. The van der Waals surface area contributed by atoms with Gasteiger partial charge in [-0.15, -0.1) is 11.8 Å². The van der Waals surface area contributed by atoms with E-state index in [9.17, 15) is 9.59 Å². The zero-order chi connectivity index (χ0) is 19.8. The molecule has 28 heavy (non-hydrogen) atoms. The quantitative estimate of drug-likeness (QED) is 0.766. The maximum atomic E-state index is 12.5. The molecule has 1 saturated heterocycles. The van der Waals surface area contributed by atoms with Crippen molar-refractivity contribution < 1.29 is 14.1 Å². The first-order valence-corrected chi connectivity index (χ1v) is 10.6. The second-order valence-electron chi connectivity index (χ2n) is 6.86. The number of aromatic nitrogens is 1. The van der Waals surface area contributed by atoms with Crippen molar-refractivity contribution in [2.75, 3.05) is 43.0 Å². The van der Waals surface area contributed by atoms with E-state index in [0.29, 0.717) is 17.3 Å². The number of amides is 2. The van der Waals surface area contributed by atoms with E-state index in [1.54, 1.807) is 13.0 Å². The van der Waals surface area contributed by atoms with Crippen LogP contribution in [0.25, 0.3) is 0 Å². The van der Waals surface area contributed by atoms with Crippen LogP contribution in [0.1, 0.15) is 17.7 Å². The average molecular weight is 403 g/mol. The number of nitrogens with zero attached hydrogens (tertiary/aromatic N) is 3. The summed E-state index contributed by atoms with van der Waals surface area (Å²) in [5, 5.41) is 6.38. The van der Waals surface area contributed by atoms with Gasteiger partial charge in [-0.25, -0.2) is 0 Å². The Hall–Kier alpha value is -2.32. The number of nitrogens with one attached hydrogen (secondary N) is 1. The summed E-state index contributed by atoms with van der Waals surface area (Å²) in [7, 11) is 0. The van der Waals surface area contributed by atoms with Gasteiger partial charge in [0.1, 0.15) is 5.76 Å². The number of aryl methyl sites for hydroxylation is 1. The Kier molecular flexibility index (Phi) is 7.50. The Morgan fingerprint density at radius 3 is 2.71 bits per heavy atom. The van der Waals surface area contributed by atoms with E-state index in [1.807, 2.05) is 11.0 Å². The normalized spacial score (nSPS) is 15.2. The van der Waals surface area contributed by atoms with Crippen LogP contribution in [0.3, 0.4) is 0 Å². The Morgan fingerprint density at radius 2 is 1.96 bits per heavy atom. The minimum Gasteiger partial charge on any atom is -0.360 e. The molecule has 2 aromatic rings. The highest BCUT2D eigenvalue weighted by Crippen LogP contribution is 2.12. The number of hydrogen-bond acceptors (Lipinski definition) is 6. The number of hydrogen-bond donors (Lipinski definition) is 1. The van der Waals surface area contributed by atoms with Crippen LogP contribution in [0, 0.1) is 6.92 Å². The van der Waals surface area contributed by atoms with Gasteiger partial charge in [-0.1, -0.05) is 35.5 Å². The zero-order valence-corrected chi connectivity index (χ0v) is 16.9. The molecule has 8 heteroatoms. The predicted octanol–water partition coefficient (Wildman–Crippen LogP) is 2.39. The molecule has 3 rings (SSSR count). The molecule has 2 amide bonds. The minimum atomic E-state index is -0.184. The van der Waals surface area contributed by atoms with Crippen LogP contribution in [-0.4, -0.2) is 64.5 Å². The van der Waals surface area contributed by atoms with Crippen LogP contribution in [-0.2, 0) is 16.1 Å².